The Balaban J connectivity index is 0.000000214. The zero-order valence-corrected chi connectivity index (χ0v) is 93.8. The summed E-state index contributed by atoms with van der Waals surface area (Å²) in [7, 11) is 9.59. The zero-order chi connectivity index (χ0) is 109. The molecule has 13 N–H and O–H groups in total. The highest BCUT2D eigenvalue weighted by molar-refractivity contribution is 7.18. The fourth-order valence-corrected chi connectivity index (χ4v) is 20.9. The average Bonchev–Trinajstić information content (AvgIpc) is 1.67. The summed E-state index contributed by atoms with van der Waals surface area (Å²) in [6.45, 7) is 44.6. The molecule has 13 aromatic rings. The van der Waals surface area contributed by atoms with Gasteiger partial charge in [-0.2, -0.15) is 18.3 Å². The molecule has 0 aliphatic carbocycles. The second kappa shape index (κ2) is 49.9. The summed E-state index contributed by atoms with van der Waals surface area (Å²) in [4.78, 5) is 157. The van der Waals surface area contributed by atoms with Crippen LogP contribution in [0.1, 0.15) is 248 Å². The molecular weight excluding hydrogens is 2080 g/mol. The minimum Gasteiger partial charge on any atom is -0.465 e. The van der Waals surface area contributed by atoms with Gasteiger partial charge in [0.2, 0.25) is 15.3 Å². The number of nitrogens with one attached hydrogen (secondary N) is 13. The number of ether oxygens (including phenoxy) is 6. The monoisotopic (exact) mass is 2200 g/mol. The number of aryl methyl sites for hydroxylation is 2. The molecule has 1 aromatic carbocycles. The van der Waals surface area contributed by atoms with Crippen LogP contribution in [0.25, 0.3) is 10.9 Å². The van der Waals surface area contributed by atoms with Crippen LogP contribution in [0.5, 0.6) is 0 Å². The van der Waals surface area contributed by atoms with E-state index in [4.69, 9.17) is 28.4 Å². The van der Waals surface area contributed by atoms with E-state index in [0.717, 1.165) is 71.4 Å². The van der Waals surface area contributed by atoms with E-state index in [1.807, 2.05) is 162 Å². The first-order valence-electron chi connectivity index (χ1n) is 44.1. The lowest BCUT2D eigenvalue weighted by Gasteiger charge is -2.15. The minimum absolute atomic E-state index is 0.113. The molecule has 0 spiro atoms. The van der Waals surface area contributed by atoms with Gasteiger partial charge in [-0.25, -0.2) is 57.5 Å². The van der Waals surface area contributed by atoms with Crippen LogP contribution in [0.4, 0.5) is 108 Å². The molecule has 0 saturated heterocycles. The molecule has 37 nitrogen and oxygen atoms in total. The molecule has 786 valence electrons. The Bertz CT molecular complexity index is 6530. The maximum absolute atomic E-state index is 12.5. The lowest BCUT2D eigenvalue weighted by atomic mass is 9.94. The summed E-state index contributed by atoms with van der Waals surface area (Å²) in [5.41, 5.74) is 3.05. The number of H-pyrrole nitrogens is 1. The Morgan fingerprint density at radius 3 is 0.918 bits per heavy atom. The van der Waals surface area contributed by atoms with E-state index in [9.17, 15) is 70.7 Å². The molecule has 50 heteroatoms. The van der Waals surface area contributed by atoms with Crippen LogP contribution in [0.2, 0.25) is 0 Å². The zero-order valence-electron chi connectivity index (χ0n) is 85.6. The molecule has 0 unspecified atom stereocenters. The van der Waals surface area contributed by atoms with Crippen molar-refractivity contribution >= 4 is 262 Å². The van der Waals surface area contributed by atoms with Gasteiger partial charge in [-0.3, -0.25) is 31.3 Å². The van der Waals surface area contributed by atoms with E-state index in [-0.39, 0.29) is 77.0 Å². The minimum atomic E-state index is -4.64. The number of benzene rings is 1. The highest BCUT2D eigenvalue weighted by Crippen LogP contribution is 2.44. The van der Waals surface area contributed by atoms with Crippen molar-refractivity contribution in [2.45, 2.75) is 196 Å². The highest BCUT2D eigenvalue weighted by atomic mass is 32.1. The molecule has 13 rings (SSSR count). The fraction of sp³-hybridized carbons (Fsp3) is 0.385. The van der Waals surface area contributed by atoms with Crippen molar-refractivity contribution in [2.24, 2.45) is 7.05 Å². The summed E-state index contributed by atoms with van der Waals surface area (Å²) in [6.07, 6.45) is -1.07. The second-order valence-corrected chi connectivity index (χ2v) is 49.2. The molecule has 0 bridgehead atoms. The number of carbonyl (C=O) groups is 12. The number of aromatic amines is 1. The fourth-order valence-electron chi connectivity index (χ4n) is 11.6. The number of urea groups is 6. The standard InChI is InChI=1S/C19H21N3O3S.C17H24N4O3S2.C16H20N2O3S2.C15H20N4O3S.C15H18N2O3S2.C14H15F3N4O3S2/c1-19(2,3)15-10-14(16(26-15)17(23)25-4)22-18(24)21-12-5-6-13-11(9-12)7-8-20-13;1-16(2,3)10-8-9(11(25-10)12(22)24-7)18-14(23)19-15-21-20-13(26-15)17(4,5)6;1-9-6-7-12(22-9)18-15(20)17-10-8-11(16(2,3)4)23-13(10)14(19)21-5;1-15(2,3)10-8-9(12(23-10)13(20)22-5)16-14(21)17-11-6-7-19(4)18-11;1-15(2,3)10-8-9(12(22-10)13(18)20-4)16-14(19)17-11-6-5-7-21-11;1-13(2,3)7-5-6(8(25-7)9(22)24-4)18-11(23)19-12-21-20-10(26-12)14(15,16)17/h5-10,20H,1-4H3,(H2,21,22,24);8H,1-7H3,(H2,18,19,21,23);6-8H,1-5H3,(H2,17,18,20);6-8H,1-5H3,(H2,16,17,18,21);5-8H,1-4H3,(H2,16,17,19);5H,1-4H3,(H2,18,19,21,23). The second-order valence-electron chi connectivity index (χ2n) is 38.7. The highest BCUT2D eigenvalue weighted by Gasteiger charge is 2.37. The van der Waals surface area contributed by atoms with Crippen LogP contribution in [0, 0.1) is 6.92 Å². The first-order chi connectivity index (χ1) is 67.8. The van der Waals surface area contributed by atoms with Crippen molar-refractivity contribution in [3.8, 4) is 0 Å². The molecule has 0 atom stereocenters. The van der Waals surface area contributed by atoms with Crippen molar-refractivity contribution in [1.29, 1.82) is 0 Å². The van der Waals surface area contributed by atoms with Gasteiger partial charge in [-0.15, -0.1) is 111 Å². The number of nitrogens with zero attached hydrogens (tertiary/aromatic N) is 6. The van der Waals surface area contributed by atoms with Gasteiger partial charge in [-0.05, 0) is 130 Å². The molecule has 12 amide bonds. The van der Waals surface area contributed by atoms with Gasteiger partial charge in [0.25, 0.3) is 0 Å². The smallest absolute Gasteiger partial charge is 0.445 e. The molecular formula is C96H118F3N19O18S10. The normalized spacial score (nSPS) is 11.5. The van der Waals surface area contributed by atoms with Crippen LogP contribution < -0.4 is 63.8 Å². The first kappa shape index (κ1) is 118. The van der Waals surface area contributed by atoms with E-state index in [2.05, 4.69) is 157 Å². The Labute approximate surface area is 881 Å². The number of aromatic nitrogens is 7. The predicted molar refractivity (Wildman–Crippen MR) is 580 cm³/mol. The molecule has 0 aliphatic rings. The largest absolute Gasteiger partial charge is 0.465 e. The van der Waals surface area contributed by atoms with Crippen molar-refractivity contribution in [1.82, 2.24) is 35.2 Å². The Morgan fingerprint density at radius 2 is 0.644 bits per heavy atom. The molecule has 0 radical (unpaired) electrons. The van der Waals surface area contributed by atoms with Gasteiger partial charge < -0.3 is 70.6 Å². The number of alkyl halides is 3. The third kappa shape index (κ3) is 34.5. The lowest BCUT2D eigenvalue weighted by Crippen LogP contribution is -2.20. The van der Waals surface area contributed by atoms with E-state index in [0.29, 0.717) is 69.5 Å². The number of hydrogen-bond acceptors (Lipinski definition) is 33. The van der Waals surface area contributed by atoms with Crippen LogP contribution in [0.3, 0.4) is 0 Å². The van der Waals surface area contributed by atoms with Gasteiger partial charge in [0.05, 0.1) is 86.8 Å². The molecule has 12 aromatic heterocycles. The van der Waals surface area contributed by atoms with Crippen LogP contribution in [0.15, 0.2) is 109 Å². The quantitative estimate of drug-likeness (QED) is 0.0280. The van der Waals surface area contributed by atoms with Crippen molar-refractivity contribution in [2.75, 3.05) is 106 Å². The average molecular weight is 2200 g/mol. The van der Waals surface area contributed by atoms with E-state index >= 15 is 0 Å². The van der Waals surface area contributed by atoms with Crippen LogP contribution in [-0.2, 0) is 79.6 Å². The predicted octanol–water partition coefficient (Wildman–Crippen LogP) is 26.5. The molecule has 146 heavy (non-hydrogen) atoms. The third-order valence-electron chi connectivity index (χ3n) is 19.2. The topological polar surface area (TPSA) is 490 Å². The van der Waals surface area contributed by atoms with Gasteiger partial charge in [0.15, 0.2) is 5.82 Å². The Morgan fingerprint density at radius 1 is 0.329 bits per heavy atom. The van der Waals surface area contributed by atoms with Gasteiger partial charge in [0.1, 0.15) is 34.3 Å². The summed E-state index contributed by atoms with van der Waals surface area (Å²) in [6, 6.07) is 24.4. The number of fused-ring (bicyclic) bond motifs is 1. The number of hydrogen-bond donors (Lipinski definition) is 13. The molecule has 0 fully saturated rings. The van der Waals surface area contributed by atoms with Gasteiger partial charge >= 0.3 is 78.2 Å². The first-order valence-corrected chi connectivity index (χ1v) is 52.3. The van der Waals surface area contributed by atoms with E-state index in [1.165, 1.54) is 133 Å². The van der Waals surface area contributed by atoms with Crippen LogP contribution >= 0.6 is 113 Å². The van der Waals surface area contributed by atoms with Crippen molar-refractivity contribution in [3.05, 3.63) is 182 Å². The number of esters is 6. The van der Waals surface area contributed by atoms with Gasteiger partial charge in [-0.1, -0.05) is 168 Å². The maximum Gasteiger partial charge on any atom is 0.445 e. The van der Waals surface area contributed by atoms with Crippen molar-refractivity contribution < 1.29 is 99.1 Å². The summed E-state index contributed by atoms with van der Waals surface area (Å²) in [5.74, 6) is -2.52. The summed E-state index contributed by atoms with van der Waals surface area (Å²) >= 11 is 12.2. The maximum atomic E-state index is 12.5. The Kier molecular flexibility index (Phi) is 40.4. The van der Waals surface area contributed by atoms with Gasteiger partial charge in [0, 0.05) is 81.7 Å². The number of anilines is 12. The van der Waals surface area contributed by atoms with E-state index in [1.54, 1.807) is 48.3 Å². The third-order valence-corrected chi connectivity index (χ3v) is 32.3. The number of thiophene rings is 8. The number of rotatable bonds is 18. The summed E-state index contributed by atoms with van der Waals surface area (Å²) in [5, 5.41) is 54.3. The SMILES string of the molecule is COC(=O)c1sc(C(C)(C)C)cc1NC(=O)Nc1ccc(C)s1.COC(=O)c1sc(C(C)(C)C)cc1NC(=O)Nc1ccc2[nH]ccc2c1.COC(=O)c1sc(C(C)(C)C)cc1NC(=O)Nc1cccs1.COC(=O)c1sc(C(C)(C)C)cc1NC(=O)Nc1ccn(C)n1.COC(=O)c1sc(C(C)(C)C)cc1NC(=O)Nc1nnc(C(C)(C)C)s1.COC(=O)c1sc(C(C)(C)C)cc1NC(=O)Nc1nnc(C(F)(F)F)s1. The molecule has 12 heterocycles. The Hall–Kier alpha value is -13.1. The molecule has 0 saturated carbocycles. The summed E-state index contributed by atoms with van der Waals surface area (Å²) < 4.78 is 67.9. The number of methoxy groups -OCH3 is 6. The number of halogens is 3. The van der Waals surface area contributed by atoms with Crippen LogP contribution in [-0.4, -0.2) is 150 Å². The van der Waals surface area contributed by atoms with E-state index < -0.39 is 71.1 Å². The number of amides is 12. The van der Waals surface area contributed by atoms with Crippen molar-refractivity contribution in [3.63, 3.8) is 0 Å². The number of carbonyl (C=O) groups excluding carboxylic acids is 12. The molecule has 0 aliphatic heterocycles. The lowest BCUT2D eigenvalue weighted by molar-refractivity contribution is -0.138.